The van der Waals surface area contributed by atoms with E-state index < -0.39 is 5.91 Å². The van der Waals surface area contributed by atoms with Crippen LogP contribution in [0.25, 0.3) is 6.08 Å². The molecular formula is C14H14N2O3. The highest BCUT2D eigenvalue weighted by molar-refractivity contribution is 6.01. The lowest BCUT2D eigenvalue weighted by atomic mass is 10.1. The number of hydrogen-bond donors (Lipinski definition) is 1. The zero-order valence-corrected chi connectivity index (χ0v) is 10.6. The minimum atomic E-state index is -0.422. The molecular weight excluding hydrogens is 244 g/mol. The predicted molar refractivity (Wildman–Crippen MR) is 69.7 cm³/mol. The second kappa shape index (κ2) is 5.91. The number of para-hydroxylation sites is 1. The van der Waals surface area contributed by atoms with E-state index in [2.05, 4.69) is 5.32 Å². The average Bonchev–Trinajstić information content (AvgIpc) is 2.69. The molecule has 0 aromatic heterocycles. The molecule has 1 aromatic carbocycles. The van der Waals surface area contributed by atoms with Crippen LogP contribution in [0.5, 0.6) is 11.5 Å². The molecule has 5 heteroatoms. The lowest BCUT2D eigenvalue weighted by Gasteiger charge is -2.10. The molecule has 0 spiro atoms. The molecule has 1 aliphatic heterocycles. The van der Waals surface area contributed by atoms with Crippen molar-refractivity contribution in [1.29, 1.82) is 5.26 Å². The van der Waals surface area contributed by atoms with E-state index in [1.807, 2.05) is 12.1 Å². The van der Waals surface area contributed by atoms with Crippen molar-refractivity contribution < 1.29 is 14.3 Å². The van der Waals surface area contributed by atoms with Crippen LogP contribution in [0.2, 0.25) is 0 Å². The molecule has 0 atom stereocenters. The Kier molecular flexibility index (Phi) is 4.04. The summed E-state index contributed by atoms with van der Waals surface area (Å²) < 4.78 is 11.2. The number of carbonyl (C=O) groups excluding carboxylic acids is 1. The molecule has 0 saturated carbocycles. The van der Waals surface area contributed by atoms with Gasteiger partial charge in [-0.2, -0.15) is 5.26 Å². The molecule has 0 radical (unpaired) electrons. The maximum absolute atomic E-state index is 11.5. The fourth-order valence-corrected chi connectivity index (χ4v) is 1.77. The van der Waals surface area contributed by atoms with Crippen molar-refractivity contribution in [2.75, 3.05) is 20.3 Å². The highest BCUT2D eigenvalue weighted by Crippen LogP contribution is 2.34. The van der Waals surface area contributed by atoms with Crippen LogP contribution in [0.15, 0.2) is 23.8 Å². The van der Waals surface area contributed by atoms with Gasteiger partial charge in [-0.25, -0.2) is 0 Å². The topological polar surface area (TPSA) is 71.4 Å². The van der Waals surface area contributed by atoms with Gasteiger partial charge in [-0.3, -0.25) is 4.79 Å². The van der Waals surface area contributed by atoms with Crippen LogP contribution in [0.4, 0.5) is 0 Å². The van der Waals surface area contributed by atoms with Crippen molar-refractivity contribution in [3.8, 4) is 17.6 Å². The van der Waals surface area contributed by atoms with E-state index in [0.717, 1.165) is 6.42 Å². The van der Waals surface area contributed by atoms with Gasteiger partial charge in [-0.1, -0.05) is 12.1 Å². The van der Waals surface area contributed by atoms with E-state index in [0.29, 0.717) is 30.3 Å². The number of carbonyl (C=O) groups is 1. The summed E-state index contributed by atoms with van der Waals surface area (Å²) in [6, 6.07) is 7.28. The predicted octanol–water partition coefficient (Wildman–Crippen LogP) is 1.50. The van der Waals surface area contributed by atoms with Crippen molar-refractivity contribution in [3.05, 3.63) is 29.3 Å². The molecule has 1 aromatic rings. The van der Waals surface area contributed by atoms with Gasteiger partial charge in [0.25, 0.3) is 5.91 Å². The largest absolute Gasteiger partial charge is 0.490 e. The quantitative estimate of drug-likeness (QED) is 0.644. The van der Waals surface area contributed by atoms with Crippen LogP contribution >= 0.6 is 0 Å². The third kappa shape index (κ3) is 2.86. The number of hydrogen-bond acceptors (Lipinski definition) is 4. The Morgan fingerprint density at radius 2 is 2.21 bits per heavy atom. The van der Waals surface area contributed by atoms with Crippen molar-refractivity contribution in [2.45, 2.75) is 6.42 Å². The number of amides is 1. The first-order valence-electron chi connectivity index (χ1n) is 5.98. The van der Waals surface area contributed by atoms with E-state index in [-0.39, 0.29) is 5.57 Å². The van der Waals surface area contributed by atoms with Crippen molar-refractivity contribution in [1.82, 2.24) is 5.32 Å². The van der Waals surface area contributed by atoms with Gasteiger partial charge in [-0.05, 0) is 12.1 Å². The highest BCUT2D eigenvalue weighted by atomic mass is 16.5. The number of nitriles is 1. The number of nitrogens with one attached hydrogen (secondary N) is 1. The minimum Gasteiger partial charge on any atom is -0.490 e. The summed E-state index contributed by atoms with van der Waals surface area (Å²) in [5.74, 6) is 0.798. The van der Waals surface area contributed by atoms with E-state index in [1.54, 1.807) is 12.1 Å². The zero-order chi connectivity index (χ0) is 13.7. The molecule has 1 heterocycles. The average molecular weight is 258 g/mol. The summed E-state index contributed by atoms with van der Waals surface area (Å²) in [4.78, 5) is 11.5. The van der Waals surface area contributed by atoms with Crippen LogP contribution in [0.1, 0.15) is 12.0 Å². The Balaban J connectivity index is 2.43. The van der Waals surface area contributed by atoms with Gasteiger partial charge >= 0.3 is 0 Å². The van der Waals surface area contributed by atoms with Gasteiger partial charge in [0.1, 0.15) is 11.6 Å². The third-order valence-electron chi connectivity index (χ3n) is 2.69. The molecule has 1 aliphatic rings. The second-order valence-electron chi connectivity index (χ2n) is 3.97. The smallest absolute Gasteiger partial charge is 0.261 e. The molecule has 0 bridgehead atoms. The Hall–Kier alpha value is -2.48. The summed E-state index contributed by atoms with van der Waals surface area (Å²) in [5.41, 5.74) is 0.697. The van der Waals surface area contributed by atoms with Gasteiger partial charge in [0.05, 0.1) is 13.2 Å². The van der Waals surface area contributed by atoms with E-state index in [1.165, 1.54) is 13.1 Å². The summed E-state index contributed by atoms with van der Waals surface area (Å²) >= 11 is 0. The number of fused-ring (bicyclic) bond motifs is 1. The van der Waals surface area contributed by atoms with Gasteiger partial charge < -0.3 is 14.8 Å². The number of benzene rings is 1. The fourth-order valence-electron chi connectivity index (χ4n) is 1.77. The summed E-state index contributed by atoms with van der Waals surface area (Å²) in [7, 11) is 1.48. The molecule has 2 rings (SSSR count). The Morgan fingerprint density at radius 3 is 2.95 bits per heavy atom. The normalized spacial score (nSPS) is 14.2. The maximum atomic E-state index is 11.5. The van der Waals surface area contributed by atoms with Crippen LogP contribution in [0, 0.1) is 11.3 Å². The van der Waals surface area contributed by atoms with Crippen LogP contribution in [-0.4, -0.2) is 26.2 Å². The SMILES string of the molecule is CNC(=O)C(C#N)=Cc1cccc2c1OCCCO2. The maximum Gasteiger partial charge on any atom is 0.261 e. The zero-order valence-electron chi connectivity index (χ0n) is 10.6. The Bertz CT molecular complexity index is 558. The van der Waals surface area contributed by atoms with Crippen molar-refractivity contribution >= 4 is 12.0 Å². The molecule has 19 heavy (non-hydrogen) atoms. The Labute approximate surface area is 111 Å². The third-order valence-corrected chi connectivity index (χ3v) is 2.69. The van der Waals surface area contributed by atoms with Crippen LogP contribution in [0.3, 0.4) is 0 Å². The lowest BCUT2D eigenvalue weighted by Crippen LogP contribution is -2.19. The highest BCUT2D eigenvalue weighted by Gasteiger charge is 2.15. The molecule has 5 nitrogen and oxygen atoms in total. The lowest BCUT2D eigenvalue weighted by molar-refractivity contribution is -0.116. The minimum absolute atomic E-state index is 0.0312. The summed E-state index contributed by atoms with van der Waals surface area (Å²) in [6.45, 7) is 1.15. The van der Waals surface area contributed by atoms with Crippen LogP contribution < -0.4 is 14.8 Å². The van der Waals surface area contributed by atoms with Gasteiger partial charge in [0.2, 0.25) is 0 Å². The number of ether oxygens (including phenoxy) is 2. The first kappa shape index (κ1) is 13.0. The summed E-state index contributed by atoms with van der Waals surface area (Å²) in [5, 5.41) is 11.4. The Morgan fingerprint density at radius 1 is 1.42 bits per heavy atom. The van der Waals surface area contributed by atoms with E-state index in [9.17, 15) is 4.79 Å². The van der Waals surface area contributed by atoms with Crippen molar-refractivity contribution in [3.63, 3.8) is 0 Å². The van der Waals surface area contributed by atoms with E-state index >= 15 is 0 Å². The first-order chi connectivity index (χ1) is 9.26. The monoisotopic (exact) mass is 258 g/mol. The molecule has 1 N–H and O–H groups in total. The van der Waals surface area contributed by atoms with Gasteiger partial charge in [-0.15, -0.1) is 0 Å². The molecule has 0 aliphatic carbocycles. The molecule has 0 saturated heterocycles. The van der Waals surface area contributed by atoms with E-state index in [4.69, 9.17) is 14.7 Å². The van der Waals surface area contributed by atoms with Gasteiger partial charge in [0, 0.05) is 19.0 Å². The number of rotatable bonds is 2. The van der Waals surface area contributed by atoms with Gasteiger partial charge in [0.15, 0.2) is 11.5 Å². The fraction of sp³-hybridized carbons (Fsp3) is 0.286. The second-order valence-corrected chi connectivity index (χ2v) is 3.97. The molecule has 98 valence electrons. The number of likely N-dealkylation sites (N-methyl/N-ethyl adjacent to an activating group) is 1. The molecule has 1 amide bonds. The van der Waals surface area contributed by atoms with Crippen LogP contribution in [-0.2, 0) is 4.79 Å². The molecule has 0 unspecified atom stereocenters. The van der Waals surface area contributed by atoms with Crippen molar-refractivity contribution in [2.24, 2.45) is 0 Å². The number of nitrogens with zero attached hydrogens (tertiary/aromatic N) is 1. The molecule has 0 fully saturated rings. The standard InChI is InChI=1S/C14H14N2O3/c1-16-14(17)11(9-15)8-10-4-2-5-12-13(10)19-7-3-6-18-12/h2,4-5,8H,3,6-7H2,1H3,(H,16,17). The first-order valence-corrected chi connectivity index (χ1v) is 5.98. The summed E-state index contributed by atoms with van der Waals surface area (Å²) in [6.07, 6.45) is 2.31.